The van der Waals surface area contributed by atoms with Gasteiger partial charge in [0.15, 0.2) is 5.78 Å². The molecular weight excluding hydrogens is 284 g/mol. The lowest BCUT2D eigenvalue weighted by molar-refractivity contribution is -0.126. The normalized spacial score (nSPS) is 35.4. The van der Waals surface area contributed by atoms with Crippen LogP contribution >= 0.6 is 15.9 Å². The predicted molar refractivity (Wildman–Crippen MR) is 70.2 cm³/mol. The summed E-state index contributed by atoms with van der Waals surface area (Å²) in [6.07, 6.45) is 1.82. The summed E-state index contributed by atoms with van der Waals surface area (Å²) in [5.74, 6) is 0.0464. The van der Waals surface area contributed by atoms with Gasteiger partial charge in [0.1, 0.15) is 0 Å². The molecule has 0 aromatic carbocycles. The van der Waals surface area contributed by atoms with E-state index in [9.17, 15) is 4.79 Å². The lowest BCUT2D eigenvalue weighted by Gasteiger charge is -2.33. The minimum absolute atomic E-state index is 0.0700. The fraction of sp³-hybridized carbons (Fsp3) is 0.636. The Morgan fingerprint density at radius 3 is 2.65 bits per heavy atom. The van der Waals surface area contributed by atoms with E-state index in [1.165, 1.54) is 0 Å². The van der Waals surface area contributed by atoms with Crippen LogP contribution in [0.25, 0.3) is 0 Å². The molecule has 94 valence electrons. The second kappa shape index (κ2) is 3.73. The number of nitrogens with two attached hydrogens (primary N) is 2. The van der Waals surface area contributed by atoms with Gasteiger partial charge in [-0.1, -0.05) is 29.8 Å². The number of carbonyl (C=O) groups excluding carboxylic acids is 1. The minimum Gasteiger partial charge on any atom is -0.369 e. The molecular formula is C11H17BrN4O. The maximum atomic E-state index is 12.4. The number of Topliss-reactive ketones (excluding diaryl/α,β-unsaturated/α-hetero) is 1. The number of carbonyl (C=O) groups is 1. The molecule has 2 rings (SSSR count). The number of allylic oxidation sites excluding steroid dienone is 2. The number of nitrogens with one attached hydrogen (secondary N) is 1. The van der Waals surface area contributed by atoms with Crippen LogP contribution in [0.5, 0.6) is 0 Å². The molecule has 0 radical (unpaired) electrons. The van der Waals surface area contributed by atoms with Crippen molar-refractivity contribution in [1.29, 1.82) is 0 Å². The summed E-state index contributed by atoms with van der Waals surface area (Å²) in [5.41, 5.74) is 14.5. The number of hydrazone groups is 1. The van der Waals surface area contributed by atoms with E-state index in [2.05, 4.69) is 33.4 Å². The Labute approximate surface area is 109 Å². The molecule has 5 N–H and O–H groups in total. The van der Waals surface area contributed by atoms with Crippen molar-refractivity contribution < 1.29 is 4.79 Å². The van der Waals surface area contributed by atoms with Gasteiger partial charge in [-0.3, -0.25) is 10.2 Å². The molecule has 6 heteroatoms. The first-order valence-corrected chi connectivity index (χ1v) is 6.68. The number of hydrogen-bond donors (Lipinski definition) is 3. The quantitative estimate of drug-likeness (QED) is 0.311. The molecule has 17 heavy (non-hydrogen) atoms. The number of guanidine groups is 1. The summed E-state index contributed by atoms with van der Waals surface area (Å²) >= 11 is 3.52. The van der Waals surface area contributed by atoms with Crippen LogP contribution in [0.4, 0.5) is 0 Å². The van der Waals surface area contributed by atoms with Crippen molar-refractivity contribution in [3.63, 3.8) is 0 Å². The summed E-state index contributed by atoms with van der Waals surface area (Å²) in [7, 11) is 0. The molecule has 0 heterocycles. The van der Waals surface area contributed by atoms with Crippen molar-refractivity contribution in [2.75, 3.05) is 5.33 Å². The highest BCUT2D eigenvalue weighted by molar-refractivity contribution is 9.09. The molecule has 1 fully saturated rings. The second-order valence-corrected chi connectivity index (χ2v) is 5.69. The van der Waals surface area contributed by atoms with Crippen LogP contribution in [0.1, 0.15) is 26.7 Å². The van der Waals surface area contributed by atoms with E-state index in [1.807, 2.05) is 6.92 Å². The summed E-state index contributed by atoms with van der Waals surface area (Å²) in [4.78, 5) is 12.4. The topological polar surface area (TPSA) is 93.5 Å². The van der Waals surface area contributed by atoms with Gasteiger partial charge in [0.25, 0.3) is 0 Å². The van der Waals surface area contributed by atoms with Crippen LogP contribution < -0.4 is 16.9 Å². The van der Waals surface area contributed by atoms with Gasteiger partial charge in [0.05, 0.1) is 5.70 Å². The van der Waals surface area contributed by atoms with Crippen molar-refractivity contribution in [3.05, 3.63) is 11.3 Å². The molecule has 0 saturated heterocycles. The second-order valence-electron chi connectivity index (χ2n) is 5.13. The van der Waals surface area contributed by atoms with Gasteiger partial charge in [-0.15, -0.1) is 5.10 Å². The first-order valence-electron chi connectivity index (χ1n) is 5.56. The average Bonchev–Trinajstić information content (AvgIpc) is 2.62. The predicted octanol–water partition coefficient (Wildman–Crippen LogP) is 0.802. The number of nitrogens with zero attached hydrogens (tertiary/aromatic N) is 1. The van der Waals surface area contributed by atoms with E-state index in [0.717, 1.165) is 23.7 Å². The van der Waals surface area contributed by atoms with Gasteiger partial charge in [0, 0.05) is 16.2 Å². The van der Waals surface area contributed by atoms with Crippen molar-refractivity contribution in [2.45, 2.75) is 26.7 Å². The zero-order valence-corrected chi connectivity index (χ0v) is 11.6. The third kappa shape index (κ3) is 1.43. The third-order valence-corrected chi connectivity index (χ3v) is 5.47. The average molecular weight is 301 g/mol. The molecule has 0 aliphatic heterocycles. The minimum atomic E-state index is -0.340. The first-order chi connectivity index (χ1) is 7.87. The number of rotatable bonds is 3. The van der Waals surface area contributed by atoms with Gasteiger partial charge in [-0.25, -0.2) is 0 Å². The summed E-state index contributed by atoms with van der Waals surface area (Å²) in [5, 5.41) is 4.50. The van der Waals surface area contributed by atoms with E-state index in [-0.39, 0.29) is 22.6 Å². The number of ketones is 1. The van der Waals surface area contributed by atoms with Gasteiger partial charge in [0.2, 0.25) is 5.96 Å². The zero-order chi connectivity index (χ0) is 12.8. The lowest BCUT2D eigenvalue weighted by atomic mass is 9.70. The summed E-state index contributed by atoms with van der Waals surface area (Å²) in [6.45, 7) is 4.14. The number of alkyl halides is 1. The largest absolute Gasteiger partial charge is 0.369 e. The maximum Gasteiger partial charge on any atom is 0.208 e. The van der Waals surface area contributed by atoms with Gasteiger partial charge in [-0.2, -0.15) is 0 Å². The Bertz CT molecular complexity index is 441. The molecule has 2 aliphatic rings. The Kier molecular flexibility index (Phi) is 2.72. The molecule has 2 unspecified atom stereocenters. The summed E-state index contributed by atoms with van der Waals surface area (Å²) in [6, 6.07) is 0. The smallest absolute Gasteiger partial charge is 0.208 e. The highest BCUT2D eigenvalue weighted by Crippen LogP contribution is 2.63. The highest BCUT2D eigenvalue weighted by atomic mass is 79.9. The van der Waals surface area contributed by atoms with E-state index >= 15 is 0 Å². The molecule has 5 nitrogen and oxygen atoms in total. The number of hydrogen-bond acceptors (Lipinski definition) is 3. The monoisotopic (exact) mass is 300 g/mol. The summed E-state index contributed by atoms with van der Waals surface area (Å²) < 4.78 is 0. The van der Waals surface area contributed by atoms with Crippen LogP contribution in [0.3, 0.4) is 0 Å². The SMILES string of the molecule is CC12CCC(=C(NN=C(N)N)C1=O)C2(C)CBr. The Morgan fingerprint density at radius 2 is 2.18 bits per heavy atom. The van der Waals surface area contributed by atoms with Gasteiger partial charge in [-0.05, 0) is 18.4 Å². The molecule has 0 spiro atoms. The molecule has 2 bridgehead atoms. The van der Waals surface area contributed by atoms with Crippen LogP contribution in [0.2, 0.25) is 0 Å². The van der Waals surface area contributed by atoms with Crippen LogP contribution in [0, 0.1) is 10.8 Å². The highest BCUT2D eigenvalue weighted by Gasteiger charge is 2.62. The van der Waals surface area contributed by atoms with E-state index in [1.54, 1.807) is 0 Å². The fourth-order valence-electron chi connectivity index (χ4n) is 2.90. The molecule has 0 amide bonds. The van der Waals surface area contributed by atoms with Crippen LogP contribution in [0.15, 0.2) is 16.4 Å². The molecule has 1 saturated carbocycles. The third-order valence-electron chi connectivity index (χ3n) is 4.35. The number of fused-ring (bicyclic) bond motifs is 2. The molecule has 0 aromatic heterocycles. The Hall–Kier alpha value is -1.04. The van der Waals surface area contributed by atoms with E-state index in [0.29, 0.717) is 5.70 Å². The molecule has 0 aromatic rings. The van der Waals surface area contributed by atoms with Crippen molar-refractivity contribution in [3.8, 4) is 0 Å². The number of halogens is 1. The van der Waals surface area contributed by atoms with Crippen molar-refractivity contribution in [2.24, 2.45) is 27.4 Å². The van der Waals surface area contributed by atoms with Gasteiger partial charge >= 0.3 is 0 Å². The van der Waals surface area contributed by atoms with Crippen molar-refractivity contribution in [1.82, 2.24) is 5.43 Å². The van der Waals surface area contributed by atoms with E-state index < -0.39 is 0 Å². The fourth-order valence-corrected chi connectivity index (χ4v) is 3.86. The first kappa shape index (κ1) is 12.4. The van der Waals surface area contributed by atoms with Crippen LogP contribution in [-0.2, 0) is 4.79 Å². The standard InChI is InChI=1S/C11H17BrN4O/c1-10-4-3-6(11(10,2)5-12)7(8(10)17)15-16-9(13)14/h15H,3-5H2,1-2H3,(H4,13,14,16). The molecule has 2 atom stereocenters. The van der Waals surface area contributed by atoms with Crippen molar-refractivity contribution >= 4 is 27.7 Å². The van der Waals surface area contributed by atoms with E-state index in [4.69, 9.17) is 11.5 Å². The van der Waals surface area contributed by atoms with Crippen LogP contribution in [-0.4, -0.2) is 17.1 Å². The van der Waals surface area contributed by atoms with Gasteiger partial charge < -0.3 is 11.5 Å². The zero-order valence-electron chi connectivity index (χ0n) is 10.0. The maximum absolute atomic E-state index is 12.4. The molecule has 2 aliphatic carbocycles. The Morgan fingerprint density at radius 1 is 1.53 bits per heavy atom. The lowest BCUT2D eigenvalue weighted by Crippen LogP contribution is -2.38. The Balaban J connectivity index is 2.44.